The normalized spacial score (nSPS) is 21.7. The van der Waals surface area contributed by atoms with Crippen LogP contribution in [-0.4, -0.2) is 28.3 Å². The summed E-state index contributed by atoms with van der Waals surface area (Å²) < 4.78 is 0. The van der Waals surface area contributed by atoms with E-state index in [0.717, 1.165) is 17.7 Å². The fourth-order valence-electron chi connectivity index (χ4n) is 3.62. The molecule has 23 heavy (non-hydrogen) atoms. The standard InChI is InChI=1S/C19H30N2OS/c1-13-7-9-16(10-8-13)23-14(2)17(22)20-15-11-18(3,4)21-19(5,6)12-15/h7-10,14-15,21H,11-12H2,1-6H3,(H,20,22)/t14-/m0/s1. The number of thioether (sulfide) groups is 1. The second-order valence-corrected chi connectivity index (χ2v) is 9.49. The van der Waals surface area contributed by atoms with E-state index in [0.29, 0.717) is 0 Å². The van der Waals surface area contributed by atoms with E-state index in [-0.39, 0.29) is 28.3 Å². The van der Waals surface area contributed by atoms with Crippen LogP contribution in [0.3, 0.4) is 0 Å². The monoisotopic (exact) mass is 334 g/mol. The lowest BCUT2D eigenvalue weighted by molar-refractivity contribution is -0.121. The van der Waals surface area contributed by atoms with Crippen LogP contribution in [0.5, 0.6) is 0 Å². The number of nitrogens with one attached hydrogen (secondary N) is 2. The Hall–Kier alpha value is -1.00. The first kappa shape index (κ1) is 18.3. The zero-order valence-corrected chi connectivity index (χ0v) is 16.0. The third-order valence-corrected chi connectivity index (χ3v) is 5.35. The molecule has 0 saturated carbocycles. The van der Waals surface area contributed by atoms with Gasteiger partial charge >= 0.3 is 0 Å². The highest BCUT2D eigenvalue weighted by molar-refractivity contribution is 8.00. The molecule has 1 atom stereocenters. The van der Waals surface area contributed by atoms with Gasteiger partial charge in [0.1, 0.15) is 0 Å². The molecule has 3 nitrogen and oxygen atoms in total. The van der Waals surface area contributed by atoms with E-state index in [1.54, 1.807) is 11.8 Å². The lowest BCUT2D eigenvalue weighted by atomic mass is 9.79. The van der Waals surface area contributed by atoms with Crippen molar-refractivity contribution < 1.29 is 4.79 Å². The van der Waals surface area contributed by atoms with Crippen molar-refractivity contribution in [2.24, 2.45) is 0 Å². The van der Waals surface area contributed by atoms with E-state index in [9.17, 15) is 4.79 Å². The van der Waals surface area contributed by atoms with Gasteiger partial charge in [-0.25, -0.2) is 0 Å². The SMILES string of the molecule is Cc1ccc(S[C@@H](C)C(=O)NC2CC(C)(C)NC(C)(C)C2)cc1. The molecule has 0 spiro atoms. The molecule has 1 aromatic carbocycles. The van der Waals surface area contributed by atoms with Gasteiger partial charge in [-0.1, -0.05) is 17.7 Å². The molecule has 1 amide bonds. The van der Waals surface area contributed by atoms with Gasteiger partial charge in [0, 0.05) is 22.0 Å². The minimum absolute atomic E-state index is 0.0486. The van der Waals surface area contributed by atoms with Gasteiger partial charge in [-0.15, -0.1) is 11.8 Å². The average Bonchev–Trinajstić information content (AvgIpc) is 2.37. The average molecular weight is 335 g/mol. The summed E-state index contributed by atoms with van der Waals surface area (Å²) in [5.74, 6) is 0.133. The molecule has 4 heteroatoms. The van der Waals surface area contributed by atoms with Crippen LogP contribution in [-0.2, 0) is 4.79 Å². The fourth-order valence-corrected chi connectivity index (χ4v) is 4.49. The van der Waals surface area contributed by atoms with Crippen molar-refractivity contribution in [1.29, 1.82) is 0 Å². The Labute approximate surface area is 145 Å². The molecule has 2 N–H and O–H groups in total. The summed E-state index contributed by atoms with van der Waals surface area (Å²) in [5, 5.41) is 6.83. The van der Waals surface area contributed by atoms with Gasteiger partial charge in [0.05, 0.1) is 5.25 Å². The van der Waals surface area contributed by atoms with Crippen LogP contribution >= 0.6 is 11.8 Å². The van der Waals surface area contributed by atoms with Crippen LogP contribution in [0.2, 0.25) is 0 Å². The Morgan fingerprint density at radius 3 is 2.22 bits per heavy atom. The first-order valence-electron chi connectivity index (χ1n) is 8.39. The Kier molecular flexibility index (Phi) is 5.47. The van der Waals surface area contributed by atoms with Gasteiger partial charge in [-0.3, -0.25) is 4.79 Å². The van der Waals surface area contributed by atoms with Crippen molar-refractivity contribution in [3.63, 3.8) is 0 Å². The van der Waals surface area contributed by atoms with Crippen molar-refractivity contribution in [2.75, 3.05) is 0 Å². The maximum Gasteiger partial charge on any atom is 0.233 e. The van der Waals surface area contributed by atoms with Gasteiger partial charge in [0.15, 0.2) is 0 Å². The molecule has 0 aliphatic carbocycles. The van der Waals surface area contributed by atoms with Crippen LogP contribution in [0.15, 0.2) is 29.2 Å². The summed E-state index contributed by atoms with van der Waals surface area (Å²) in [5.41, 5.74) is 1.34. The van der Waals surface area contributed by atoms with Crippen molar-refractivity contribution >= 4 is 17.7 Å². The highest BCUT2D eigenvalue weighted by atomic mass is 32.2. The zero-order chi connectivity index (χ0) is 17.3. The van der Waals surface area contributed by atoms with E-state index in [1.165, 1.54) is 5.56 Å². The Balaban J connectivity index is 1.94. The van der Waals surface area contributed by atoms with Crippen LogP contribution in [0.1, 0.15) is 53.0 Å². The molecule has 1 fully saturated rings. The minimum atomic E-state index is -0.0844. The summed E-state index contributed by atoms with van der Waals surface area (Å²) in [6.07, 6.45) is 1.92. The summed E-state index contributed by atoms with van der Waals surface area (Å²) in [6, 6.07) is 8.58. The minimum Gasteiger partial charge on any atom is -0.352 e. The number of piperidine rings is 1. The van der Waals surface area contributed by atoms with E-state index in [2.05, 4.69) is 69.5 Å². The topological polar surface area (TPSA) is 41.1 Å². The number of carbonyl (C=O) groups excluding carboxylic acids is 1. The highest BCUT2D eigenvalue weighted by Gasteiger charge is 2.38. The van der Waals surface area contributed by atoms with Crippen molar-refractivity contribution in [3.8, 4) is 0 Å². The Morgan fingerprint density at radius 1 is 1.17 bits per heavy atom. The molecule has 2 rings (SSSR count). The van der Waals surface area contributed by atoms with Crippen LogP contribution in [0, 0.1) is 6.92 Å². The molecule has 0 radical (unpaired) electrons. The summed E-state index contributed by atoms with van der Waals surface area (Å²) in [7, 11) is 0. The zero-order valence-electron chi connectivity index (χ0n) is 15.2. The molecule has 1 saturated heterocycles. The van der Waals surface area contributed by atoms with E-state index >= 15 is 0 Å². The molecule has 128 valence electrons. The first-order chi connectivity index (χ1) is 10.6. The molecular weight excluding hydrogens is 304 g/mol. The van der Waals surface area contributed by atoms with E-state index in [4.69, 9.17) is 0 Å². The third-order valence-electron chi connectivity index (χ3n) is 4.24. The molecule has 0 bridgehead atoms. The summed E-state index contributed by atoms with van der Waals surface area (Å²) in [6.45, 7) is 12.9. The first-order valence-corrected chi connectivity index (χ1v) is 9.27. The van der Waals surface area contributed by atoms with Gasteiger partial charge in [-0.2, -0.15) is 0 Å². The molecule has 0 unspecified atom stereocenters. The van der Waals surface area contributed by atoms with Crippen molar-refractivity contribution in [2.45, 2.75) is 81.6 Å². The molecule has 1 heterocycles. The molecule has 1 aliphatic rings. The maximum absolute atomic E-state index is 12.6. The van der Waals surface area contributed by atoms with Crippen molar-refractivity contribution in [1.82, 2.24) is 10.6 Å². The van der Waals surface area contributed by atoms with E-state index < -0.39 is 0 Å². The highest BCUT2D eigenvalue weighted by Crippen LogP contribution is 2.29. The molecule has 0 aromatic heterocycles. The molecule has 1 aliphatic heterocycles. The van der Waals surface area contributed by atoms with Gasteiger partial charge in [0.2, 0.25) is 5.91 Å². The van der Waals surface area contributed by atoms with Gasteiger partial charge in [0.25, 0.3) is 0 Å². The second-order valence-electron chi connectivity index (χ2n) is 8.08. The lowest BCUT2D eigenvalue weighted by Crippen LogP contribution is -2.62. The number of hydrogen-bond acceptors (Lipinski definition) is 3. The predicted molar refractivity (Wildman–Crippen MR) is 99.0 cm³/mol. The van der Waals surface area contributed by atoms with Crippen molar-refractivity contribution in [3.05, 3.63) is 29.8 Å². The predicted octanol–water partition coefficient (Wildman–Crippen LogP) is 3.90. The smallest absolute Gasteiger partial charge is 0.233 e. The lowest BCUT2D eigenvalue weighted by Gasteiger charge is -2.46. The number of benzene rings is 1. The number of rotatable bonds is 4. The van der Waals surface area contributed by atoms with Crippen LogP contribution < -0.4 is 10.6 Å². The molecular formula is C19H30N2OS. The fraction of sp³-hybridized carbons (Fsp3) is 0.632. The summed E-state index contributed by atoms with van der Waals surface area (Å²) in [4.78, 5) is 13.7. The third kappa shape index (κ3) is 5.54. The van der Waals surface area contributed by atoms with E-state index in [1.807, 2.05) is 6.92 Å². The quantitative estimate of drug-likeness (QED) is 0.821. The number of carbonyl (C=O) groups is 1. The van der Waals surface area contributed by atoms with Gasteiger partial charge in [-0.05, 0) is 66.5 Å². The number of amides is 1. The van der Waals surface area contributed by atoms with Crippen LogP contribution in [0.4, 0.5) is 0 Å². The summed E-state index contributed by atoms with van der Waals surface area (Å²) >= 11 is 1.62. The molecule has 1 aromatic rings. The number of hydrogen-bond donors (Lipinski definition) is 2. The van der Waals surface area contributed by atoms with Crippen LogP contribution in [0.25, 0.3) is 0 Å². The maximum atomic E-state index is 12.6. The van der Waals surface area contributed by atoms with Gasteiger partial charge < -0.3 is 10.6 Å². The largest absolute Gasteiger partial charge is 0.352 e. The second kappa shape index (κ2) is 6.86. The Morgan fingerprint density at radius 2 is 1.70 bits per heavy atom. The number of aryl methyl sites for hydroxylation is 1. The Bertz CT molecular complexity index is 535.